The van der Waals surface area contributed by atoms with E-state index in [0.29, 0.717) is 45.3 Å². The van der Waals surface area contributed by atoms with Gasteiger partial charge < -0.3 is 19.2 Å². The molecule has 0 fully saturated rings. The average molecular weight is 421 g/mol. The fourth-order valence-corrected chi connectivity index (χ4v) is 3.10. The molecule has 146 valence electrons. The van der Waals surface area contributed by atoms with Crippen LogP contribution in [-0.2, 0) is 0 Å². The third-order valence-corrected chi connectivity index (χ3v) is 4.48. The molecule has 0 atom stereocenters. The number of benzene rings is 2. The second-order valence-corrected chi connectivity index (χ2v) is 6.60. The van der Waals surface area contributed by atoms with E-state index < -0.39 is 0 Å². The van der Waals surface area contributed by atoms with Gasteiger partial charge in [0, 0.05) is 5.02 Å². The molecule has 0 aliphatic rings. The summed E-state index contributed by atoms with van der Waals surface area (Å²) >= 11 is 12.4. The van der Waals surface area contributed by atoms with Gasteiger partial charge in [0.25, 0.3) is 5.56 Å². The molecule has 0 saturated carbocycles. The summed E-state index contributed by atoms with van der Waals surface area (Å²) in [5.41, 5.74) is 0.869. The minimum absolute atomic E-state index is 0.244. The molecule has 0 aliphatic carbocycles. The van der Waals surface area contributed by atoms with Crippen LogP contribution in [0.1, 0.15) is 18.3 Å². The Morgan fingerprint density at radius 1 is 1.18 bits per heavy atom. The smallest absolute Gasteiger partial charge is 0.259 e. The number of H-pyrrole nitrogens is 1. The fraction of sp³-hybridized carbons (Fsp3) is 0.200. The van der Waals surface area contributed by atoms with Crippen LogP contribution < -0.4 is 19.8 Å². The molecular weight excluding hydrogens is 403 g/mol. The van der Waals surface area contributed by atoms with Gasteiger partial charge in [0.2, 0.25) is 5.75 Å². The number of aromatic amines is 1. The summed E-state index contributed by atoms with van der Waals surface area (Å²) in [7, 11) is 3.08. The molecule has 0 spiro atoms. The second kappa shape index (κ2) is 8.54. The molecule has 28 heavy (non-hydrogen) atoms. The molecule has 3 aromatic rings. The molecule has 1 aromatic heterocycles. The van der Waals surface area contributed by atoms with Crippen LogP contribution in [0.2, 0.25) is 5.02 Å². The molecule has 2 aromatic carbocycles. The van der Waals surface area contributed by atoms with Gasteiger partial charge in [-0.25, -0.2) is 4.98 Å². The van der Waals surface area contributed by atoms with Crippen molar-refractivity contribution in [2.45, 2.75) is 6.92 Å². The molecule has 0 amide bonds. The average Bonchev–Trinajstić information content (AvgIpc) is 2.69. The van der Waals surface area contributed by atoms with Gasteiger partial charge in [-0.1, -0.05) is 23.2 Å². The van der Waals surface area contributed by atoms with E-state index in [2.05, 4.69) is 9.97 Å². The highest BCUT2D eigenvalue weighted by molar-refractivity contribution is 6.50. The molecule has 1 heterocycles. The van der Waals surface area contributed by atoms with Gasteiger partial charge in [0.1, 0.15) is 0 Å². The first-order valence-electron chi connectivity index (χ1n) is 8.42. The molecular formula is C20H18Cl2N2O4. The summed E-state index contributed by atoms with van der Waals surface area (Å²) in [6, 6.07) is 8.42. The van der Waals surface area contributed by atoms with Gasteiger partial charge in [-0.3, -0.25) is 4.79 Å². The Morgan fingerprint density at radius 2 is 1.86 bits per heavy atom. The molecule has 0 unspecified atom stereocenters. The highest BCUT2D eigenvalue weighted by Crippen LogP contribution is 2.39. The van der Waals surface area contributed by atoms with Crippen LogP contribution in [0, 0.1) is 0 Å². The SMILES string of the molecule is CCOc1c(OC)cc(/C=C(\Cl)c2nc3ccc(Cl)cc3c(=O)[nH]2)cc1OC. The highest BCUT2D eigenvalue weighted by Gasteiger charge is 2.14. The summed E-state index contributed by atoms with van der Waals surface area (Å²) in [6.07, 6.45) is 1.66. The summed E-state index contributed by atoms with van der Waals surface area (Å²) < 4.78 is 16.4. The summed E-state index contributed by atoms with van der Waals surface area (Å²) in [6.45, 7) is 2.34. The molecule has 1 N–H and O–H groups in total. The lowest BCUT2D eigenvalue weighted by Crippen LogP contribution is -2.10. The van der Waals surface area contributed by atoms with Gasteiger partial charge >= 0.3 is 0 Å². The van der Waals surface area contributed by atoms with E-state index in [1.807, 2.05) is 6.92 Å². The van der Waals surface area contributed by atoms with E-state index in [-0.39, 0.29) is 16.4 Å². The first kappa shape index (κ1) is 20.0. The van der Waals surface area contributed by atoms with Crippen LogP contribution in [0.5, 0.6) is 17.2 Å². The monoisotopic (exact) mass is 420 g/mol. The largest absolute Gasteiger partial charge is 0.493 e. The third-order valence-electron chi connectivity index (χ3n) is 3.96. The number of nitrogens with one attached hydrogen (secondary N) is 1. The lowest BCUT2D eigenvalue weighted by Gasteiger charge is -2.14. The number of halogens is 2. The number of methoxy groups -OCH3 is 2. The van der Waals surface area contributed by atoms with Crippen molar-refractivity contribution in [1.29, 1.82) is 0 Å². The molecule has 0 saturated heterocycles. The Balaban J connectivity index is 2.07. The molecule has 0 bridgehead atoms. The third kappa shape index (κ3) is 4.08. The van der Waals surface area contributed by atoms with Crippen molar-refractivity contribution < 1.29 is 14.2 Å². The zero-order valence-corrected chi connectivity index (χ0v) is 17.0. The van der Waals surface area contributed by atoms with E-state index >= 15 is 0 Å². The Hall–Kier alpha value is -2.70. The first-order valence-corrected chi connectivity index (χ1v) is 9.18. The Morgan fingerprint density at radius 3 is 2.46 bits per heavy atom. The van der Waals surface area contributed by atoms with Crippen LogP contribution in [0.4, 0.5) is 0 Å². The summed E-state index contributed by atoms with van der Waals surface area (Å²) in [5.74, 6) is 1.77. The number of fused-ring (bicyclic) bond motifs is 1. The van der Waals surface area contributed by atoms with Crippen molar-refractivity contribution in [2.24, 2.45) is 0 Å². The minimum Gasteiger partial charge on any atom is -0.493 e. The number of aromatic nitrogens is 2. The van der Waals surface area contributed by atoms with Crippen molar-refractivity contribution in [1.82, 2.24) is 9.97 Å². The predicted octanol–water partition coefficient (Wildman–Crippen LogP) is 4.73. The maximum absolute atomic E-state index is 12.3. The van der Waals surface area contributed by atoms with Crippen molar-refractivity contribution >= 4 is 45.2 Å². The Kier molecular flexibility index (Phi) is 6.11. The fourth-order valence-electron chi connectivity index (χ4n) is 2.71. The molecule has 8 heteroatoms. The lowest BCUT2D eigenvalue weighted by molar-refractivity contribution is 0.288. The Labute approximate surface area is 171 Å². The van der Waals surface area contributed by atoms with E-state index in [0.717, 1.165) is 0 Å². The van der Waals surface area contributed by atoms with Crippen molar-refractivity contribution in [2.75, 3.05) is 20.8 Å². The van der Waals surface area contributed by atoms with Gasteiger partial charge in [-0.15, -0.1) is 0 Å². The molecule has 0 radical (unpaired) electrons. The molecule has 6 nitrogen and oxygen atoms in total. The van der Waals surface area contributed by atoms with Gasteiger partial charge in [0.15, 0.2) is 17.3 Å². The van der Waals surface area contributed by atoms with Crippen molar-refractivity contribution in [3.63, 3.8) is 0 Å². The summed E-state index contributed by atoms with van der Waals surface area (Å²) in [5, 5.41) is 1.11. The number of ether oxygens (including phenoxy) is 3. The predicted molar refractivity (Wildman–Crippen MR) is 112 cm³/mol. The number of hydrogen-bond acceptors (Lipinski definition) is 5. The van der Waals surface area contributed by atoms with E-state index in [1.165, 1.54) is 0 Å². The lowest BCUT2D eigenvalue weighted by atomic mass is 10.1. The van der Waals surface area contributed by atoms with Crippen LogP contribution >= 0.6 is 23.2 Å². The number of nitrogens with zero attached hydrogens (tertiary/aromatic N) is 1. The van der Waals surface area contributed by atoms with E-state index in [1.54, 1.807) is 50.6 Å². The van der Waals surface area contributed by atoms with Crippen LogP contribution in [0.15, 0.2) is 35.1 Å². The van der Waals surface area contributed by atoms with Gasteiger partial charge in [-0.2, -0.15) is 0 Å². The maximum atomic E-state index is 12.3. The number of hydrogen-bond donors (Lipinski definition) is 1. The highest BCUT2D eigenvalue weighted by atomic mass is 35.5. The van der Waals surface area contributed by atoms with Crippen molar-refractivity contribution in [3.05, 3.63) is 57.1 Å². The van der Waals surface area contributed by atoms with Gasteiger partial charge in [-0.05, 0) is 48.9 Å². The van der Waals surface area contributed by atoms with Crippen molar-refractivity contribution in [3.8, 4) is 17.2 Å². The van der Waals surface area contributed by atoms with E-state index in [4.69, 9.17) is 37.4 Å². The topological polar surface area (TPSA) is 73.4 Å². The second-order valence-electron chi connectivity index (χ2n) is 5.76. The van der Waals surface area contributed by atoms with Crippen LogP contribution in [-0.4, -0.2) is 30.8 Å². The number of rotatable bonds is 6. The zero-order valence-electron chi connectivity index (χ0n) is 15.5. The quantitative estimate of drug-likeness (QED) is 0.623. The summed E-state index contributed by atoms with van der Waals surface area (Å²) in [4.78, 5) is 19.4. The van der Waals surface area contributed by atoms with Crippen LogP contribution in [0.3, 0.4) is 0 Å². The Bertz CT molecular complexity index is 1080. The van der Waals surface area contributed by atoms with Crippen LogP contribution in [0.25, 0.3) is 22.0 Å². The molecule has 0 aliphatic heterocycles. The first-order chi connectivity index (χ1) is 13.5. The van der Waals surface area contributed by atoms with Gasteiger partial charge in [0.05, 0.1) is 36.8 Å². The zero-order chi connectivity index (χ0) is 20.3. The normalized spacial score (nSPS) is 11.5. The maximum Gasteiger partial charge on any atom is 0.259 e. The standard InChI is InChI=1S/C20H18Cl2N2O4/c1-4-28-18-16(26-2)8-11(9-17(18)27-3)7-14(22)19-23-15-6-5-12(21)10-13(15)20(25)24-19/h5-10H,4H2,1-3H3,(H,23,24,25)/b14-7-. The minimum atomic E-state index is -0.323. The van der Waals surface area contributed by atoms with E-state index in [9.17, 15) is 4.79 Å². The molecule has 3 rings (SSSR count).